The molecule has 0 rings (SSSR count). The van der Waals surface area contributed by atoms with Gasteiger partial charge in [0.2, 0.25) is 0 Å². The van der Waals surface area contributed by atoms with Crippen molar-refractivity contribution in [3.8, 4) is 0 Å². The van der Waals surface area contributed by atoms with Crippen molar-refractivity contribution < 1.29 is 15.0 Å². The Morgan fingerprint density at radius 3 is 2.31 bits per heavy atom. The Morgan fingerprint density at radius 1 is 1.23 bits per heavy atom. The highest BCUT2D eigenvalue weighted by molar-refractivity contribution is 5.67. The number of hydrogen-bond acceptors (Lipinski definition) is 2. The molecule has 0 aliphatic rings. The Morgan fingerprint density at radius 2 is 1.85 bits per heavy atom. The molecule has 0 saturated heterocycles. The van der Waals surface area contributed by atoms with Crippen molar-refractivity contribution in [3.63, 3.8) is 0 Å². The van der Waals surface area contributed by atoms with E-state index in [-0.39, 0.29) is 18.4 Å². The predicted octanol–water partition coefficient (Wildman–Crippen LogP) is 2.04. The second-order valence-corrected chi connectivity index (χ2v) is 4.27. The van der Waals surface area contributed by atoms with Crippen molar-refractivity contribution in [2.45, 2.75) is 46.0 Å². The molecule has 0 atom stereocenters. The normalized spacial score (nSPS) is 11.6. The van der Waals surface area contributed by atoms with E-state index in [9.17, 15) is 4.79 Å². The van der Waals surface area contributed by atoms with Crippen LogP contribution < -0.4 is 0 Å². The summed E-state index contributed by atoms with van der Waals surface area (Å²) in [6.07, 6.45) is 3.95. The number of aliphatic carboxylic acids is 1. The molecule has 3 nitrogen and oxygen atoms in total. The number of unbranched alkanes of at least 4 members (excludes halogenated alkanes) is 2. The lowest BCUT2D eigenvalue weighted by Gasteiger charge is -2.21. The number of carbonyl (C=O) groups is 1. The summed E-state index contributed by atoms with van der Waals surface area (Å²) in [5.74, 6) is -0.729. The van der Waals surface area contributed by atoms with Gasteiger partial charge in [0.15, 0.2) is 0 Å². The van der Waals surface area contributed by atoms with Crippen molar-refractivity contribution in [2.24, 2.45) is 5.41 Å². The van der Waals surface area contributed by atoms with E-state index in [2.05, 4.69) is 0 Å². The van der Waals surface area contributed by atoms with E-state index in [0.29, 0.717) is 0 Å². The smallest absolute Gasteiger partial charge is 0.303 e. The predicted molar refractivity (Wildman–Crippen MR) is 51.6 cm³/mol. The van der Waals surface area contributed by atoms with E-state index < -0.39 is 5.97 Å². The number of aliphatic hydroxyl groups excluding tert-OH is 1. The summed E-state index contributed by atoms with van der Waals surface area (Å²) in [7, 11) is 0. The lowest BCUT2D eigenvalue weighted by Crippen LogP contribution is -2.16. The first kappa shape index (κ1) is 12.4. The third-order valence-corrected chi connectivity index (χ3v) is 2.14. The van der Waals surface area contributed by atoms with Crippen LogP contribution in [0.2, 0.25) is 0 Å². The van der Waals surface area contributed by atoms with Crippen LogP contribution >= 0.6 is 0 Å². The van der Waals surface area contributed by atoms with Crippen molar-refractivity contribution in [3.05, 3.63) is 0 Å². The van der Waals surface area contributed by atoms with Gasteiger partial charge in [0.05, 0.1) is 6.42 Å². The minimum atomic E-state index is -0.729. The highest BCUT2D eigenvalue weighted by Gasteiger charge is 2.20. The van der Waals surface area contributed by atoms with Gasteiger partial charge in [-0.25, -0.2) is 0 Å². The highest BCUT2D eigenvalue weighted by atomic mass is 16.4. The first-order valence-electron chi connectivity index (χ1n) is 4.80. The van der Waals surface area contributed by atoms with Gasteiger partial charge in [0, 0.05) is 6.61 Å². The molecule has 3 heteroatoms. The largest absolute Gasteiger partial charge is 0.481 e. The first-order chi connectivity index (χ1) is 5.98. The summed E-state index contributed by atoms with van der Waals surface area (Å²) in [4.78, 5) is 10.5. The summed E-state index contributed by atoms with van der Waals surface area (Å²) < 4.78 is 0. The van der Waals surface area contributed by atoms with E-state index in [1.165, 1.54) is 0 Å². The molecule has 0 saturated carbocycles. The molecule has 78 valence electrons. The van der Waals surface area contributed by atoms with Gasteiger partial charge in [-0.2, -0.15) is 0 Å². The first-order valence-corrected chi connectivity index (χ1v) is 4.80. The summed E-state index contributed by atoms with van der Waals surface area (Å²) in [5, 5.41) is 17.2. The van der Waals surface area contributed by atoms with Crippen LogP contribution in [0.15, 0.2) is 0 Å². The lowest BCUT2D eigenvalue weighted by atomic mass is 9.84. The molecule has 13 heavy (non-hydrogen) atoms. The zero-order chi connectivity index (χ0) is 10.3. The molecule has 0 bridgehead atoms. The van der Waals surface area contributed by atoms with Gasteiger partial charge in [0.25, 0.3) is 0 Å². The Bertz CT molecular complexity index is 152. The standard InChI is InChI=1S/C10H20O3/c1-10(2,8-9(12)13)6-4-3-5-7-11/h11H,3-8H2,1-2H3,(H,12,13). The highest BCUT2D eigenvalue weighted by Crippen LogP contribution is 2.27. The number of rotatable bonds is 7. The molecule has 0 radical (unpaired) electrons. The zero-order valence-corrected chi connectivity index (χ0v) is 8.55. The van der Waals surface area contributed by atoms with Gasteiger partial charge >= 0.3 is 5.97 Å². The summed E-state index contributed by atoms with van der Waals surface area (Å²) in [6, 6.07) is 0. The van der Waals surface area contributed by atoms with E-state index in [4.69, 9.17) is 10.2 Å². The van der Waals surface area contributed by atoms with E-state index in [1.54, 1.807) is 0 Å². The maximum absolute atomic E-state index is 10.5. The van der Waals surface area contributed by atoms with Gasteiger partial charge in [-0.1, -0.05) is 26.7 Å². The Hall–Kier alpha value is -0.570. The number of hydrogen-bond donors (Lipinski definition) is 2. The molecule has 0 heterocycles. The second-order valence-electron chi connectivity index (χ2n) is 4.27. The summed E-state index contributed by atoms with van der Waals surface area (Å²) in [6.45, 7) is 4.18. The quantitative estimate of drug-likeness (QED) is 0.601. The van der Waals surface area contributed by atoms with Crippen LogP contribution in [0.3, 0.4) is 0 Å². The molecule has 0 aliphatic carbocycles. The van der Waals surface area contributed by atoms with Crippen LogP contribution in [0.25, 0.3) is 0 Å². The minimum absolute atomic E-state index is 0.110. The van der Waals surface area contributed by atoms with Gasteiger partial charge in [0.1, 0.15) is 0 Å². The van der Waals surface area contributed by atoms with Crippen LogP contribution in [0.4, 0.5) is 0 Å². The average molecular weight is 188 g/mol. The van der Waals surface area contributed by atoms with Gasteiger partial charge in [-0.05, 0) is 18.3 Å². The molecular formula is C10H20O3. The molecule has 0 aromatic carbocycles. The molecular weight excluding hydrogens is 168 g/mol. The van der Waals surface area contributed by atoms with Crippen molar-refractivity contribution >= 4 is 5.97 Å². The van der Waals surface area contributed by atoms with Crippen LogP contribution in [0.1, 0.15) is 46.0 Å². The molecule has 0 spiro atoms. The lowest BCUT2D eigenvalue weighted by molar-refractivity contribution is -0.139. The maximum atomic E-state index is 10.5. The fraction of sp³-hybridized carbons (Fsp3) is 0.900. The van der Waals surface area contributed by atoms with Crippen LogP contribution in [-0.4, -0.2) is 22.8 Å². The summed E-state index contributed by atoms with van der Waals surface area (Å²) >= 11 is 0. The van der Waals surface area contributed by atoms with Gasteiger partial charge in [-0.15, -0.1) is 0 Å². The molecule has 0 aromatic heterocycles. The molecule has 0 fully saturated rings. The third kappa shape index (κ3) is 7.78. The molecule has 0 aliphatic heterocycles. The number of carboxylic acid groups (broad SMARTS) is 1. The average Bonchev–Trinajstić information content (AvgIpc) is 1.95. The van der Waals surface area contributed by atoms with Gasteiger partial charge in [-0.3, -0.25) is 4.79 Å². The van der Waals surface area contributed by atoms with Crippen LogP contribution in [0.5, 0.6) is 0 Å². The summed E-state index contributed by atoms with van der Waals surface area (Å²) in [5.41, 5.74) is -0.110. The molecule has 0 amide bonds. The Kier molecular flexibility index (Phi) is 5.71. The minimum Gasteiger partial charge on any atom is -0.481 e. The molecule has 0 aromatic rings. The fourth-order valence-electron chi connectivity index (χ4n) is 1.39. The SMILES string of the molecule is CC(C)(CCCCCO)CC(=O)O. The monoisotopic (exact) mass is 188 g/mol. The Balaban J connectivity index is 3.56. The molecule has 2 N–H and O–H groups in total. The topological polar surface area (TPSA) is 57.5 Å². The third-order valence-electron chi connectivity index (χ3n) is 2.14. The Labute approximate surface area is 79.8 Å². The molecule has 0 unspecified atom stereocenters. The van der Waals surface area contributed by atoms with Crippen LogP contribution in [0, 0.1) is 5.41 Å². The van der Waals surface area contributed by atoms with E-state index >= 15 is 0 Å². The zero-order valence-electron chi connectivity index (χ0n) is 8.55. The van der Waals surface area contributed by atoms with E-state index in [0.717, 1.165) is 25.7 Å². The van der Waals surface area contributed by atoms with Crippen LogP contribution in [-0.2, 0) is 4.79 Å². The van der Waals surface area contributed by atoms with Crippen molar-refractivity contribution in [1.82, 2.24) is 0 Å². The maximum Gasteiger partial charge on any atom is 0.303 e. The second kappa shape index (κ2) is 5.97. The fourth-order valence-corrected chi connectivity index (χ4v) is 1.39. The van der Waals surface area contributed by atoms with E-state index in [1.807, 2.05) is 13.8 Å². The van der Waals surface area contributed by atoms with Crippen molar-refractivity contribution in [1.29, 1.82) is 0 Å². The number of aliphatic hydroxyl groups is 1. The van der Waals surface area contributed by atoms with Crippen molar-refractivity contribution in [2.75, 3.05) is 6.61 Å². The number of carboxylic acids is 1. The van der Waals surface area contributed by atoms with Gasteiger partial charge < -0.3 is 10.2 Å².